The number of hydrogen-bond donors (Lipinski definition) is 3. The molecule has 0 saturated carbocycles. The van der Waals surface area contributed by atoms with Crippen molar-refractivity contribution in [3.8, 4) is 0 Å². The van der Waals surface area contributed by atoms with Crippen LogP contribution in [0.2, 0.25) is 5.02 Å². The summed E-state index contributed by atoms with van der Waals surface area (Å²) in [5, 5.41) is 2.69. The van der Waals surface area contributed by atoms with Crippen molar-refractivity contribution in [1.29, 1.82) is 0 Å². The lowest BCUT2D eigenvalue weighted by Crippen LogP contribution is -2.32. The number of anilines is 1. The van der Waals surface area contributed by atoms with Crippen LogP contribution in [-0.2, 0) is 9.59 Å². The average Bonchev–Trinajstić information content (AvgIpc) is 2.41. The average molecular weight is 340 g/mol. The first kappa shape index (κ1) is 16.3. The molecule has 1 aromatic rings. The Balaban J connectivity index is 2.09. The maximum absolute atomic E-state index is 12.2. The lowest BCUT2D eigenvalue weighted by Gasteiger charge is -2.18. The quantitative estimate of drug-likeness (QED) is 0.552. The summed E-state index contributed by atoms with van der Waals surface area (Å²) >= 11 is 7.05. The monoisotopic (exact) mass is 339 g/mol. The fourth-order valence-electron chi connectivity index (χ4n) is 1.71. The van der Waals surface area contributed by atoms with Gasteiger partial charge in [-0.3, -0.25) is 9.59 Å². The van der Waals surface area contributed by atoms with Gasteiger partial charge in [0.25, 0.3) is 0 Å². The van der Waals surface area contributed by atoms with Crippen LogP contribution in [0, 0.1) is 6.92 Å². The SMILES string of the molecule is Cc1ccc(NC(=O)[C@@H]2CC(=O)N=C(N=C(N)N)S2)cc1Cl. The van der Waals surface area contributed by atoms with E-state index in [2.05, 4.69) is 15.3 Å². The Morgan fingerprint density at radius 1 is 1.50 bits per heavy atom. The number of nitrogens with zero attached hydrogens (tertiary/aromatic N) is 2. The van der Waals surface area contributed by atoms with E-state index in [0.717, 1.165) is 17.3 Å². The molecule has 0 radical (unpaired) electrons. The Hall–Kier alpha value is -2.06. The Morgan fingerprint density at radius 2 is 2.23 bits per heavy atom. The Bertz CT molecular complexity index is 685. The molecule has 1 atom stereocenters. The van der Waals surface area contributed by atoms with Gasteiger partial charge in [-0.25, -0.2) is 0 Å². The van der Waals surface area contributed by atoms with Gasteiger partial charge in [0.1, 0.15) is 5.25 Å². The molecule has 0 aliphatic carbocycles. The summed E-state index contributed by atoms with van der Waals surface area (Å²) in [7, 11) is 0. The highest BCUT2D eigenvalue weighted by molar-refractivity contribution is 8.15. The van der Waals surface area contributed by atoms with Crippen molar-refractivity contribution in [2.75, 3.05) is 5.32 Å². The second-order valence-electron chi connectivity index (χ2n) is 4.59. The molecule has 0 fully saturated rings. The molecular weight excluding hydrogens is 326 g/mol. The van der Waals surface area contributed by atoms with E-state index in [1.54, 1.807) is 18.2 Å². The van der Waals surface area contributed by atoms with Crippen molar-refractivity contribution in [2.45, 2.75) is 18.6 Å². The molecule has 5 N–H and O–H groups in total. The van der Waals surface area contributed by atoms with E-state index in [1.807, 2.05) is 6.92 Å². The molecule has 1 heterocycles. The number of guanidine groups is 1. The van der Waals surface area contributed by atoms with Gasteiger partial charge < -0.3 is 16.8 Å². The van der Waals surface area contributed by atoms with Crippen molar-refractivity contribution in [3.63, 3.8) is 0 Å². The number of hydrogen-bond acceptors (Lipinski definition) is 4. The number of rotatable bonds is 2. The molecular formula is C13H14ClN5O2S. The summed E-state index contributed by atoms with van der Waals surface area (Å²) in [5.74, 6) is -0.997. The van der Waals surface area contributed by atoms with E-state index >= 15 is 0 Å². The predicted octanol–water partition coefficient (Wildman–Crippen LogP) is 1.25. The molecule has 0 aromatic heterocycles. The second kappa shape index (κ2) is 6.80. The molecule has 0 spiro atoms. The van der Waals surface area contributed by atoms with Gasteiger partial charge in [0.15, 0.2) is 11.1 Å². The predicted molar refractivity (Wildman–Crippen MR) is 89.1 cm³/mol. The minimum absolute atomic E-state index is 0.0143. The fraction of sp³-hybridized carbons (Fsp3) is 0.231. The van der Waals surface area contributed by atoms with E-state index in [9.17, 15) is 9.59 Å². The molecule has 0 saturated heterocycles. The highest BCUT2D eigenvalue weighted by atomic mass is 35.5. The van der Waals surface area contributed by atoms with Gasteiger partial charge >= 0.3 is 0 Å². The Kier molecular flexibility index (Phi) is 5.04. The molecule has 1 aliphatic rings. The zero-order chi connectivity index (χ0) is 16.3. The zero-order valence-electron chi connectivity index (χ0n) is 11.7. The van der Waals surface area contributed by atoms with Crippen LogP contribution in [0.1, 0.15) is 12.0 Å². The first-order chi connectivity index (χ1) is 10.3. The molecule has 2 rings (SSSR count). The van der Waals surface area contributed by atoms with Crippen LogP contribution >= 0.6 is 23.4 Å². The number of amidine groups is 1. The first-order valence-corrected chi connectivity index (χ1v) is 7.55. The summed E-state index contributed by atoms with van der Waals surface area (Å²) in [5.41, 5.74) is 12.0. The van der Waals surface area contributed by atoms with Gasteiger partial charge in [-0.05, 0) is 24.6 Å². The van der Waals surface area contributed by atoms with Crippen LogP contribution in [0.15, 0.2) is 28.2 Å². The van der Waals surface area contributed by atoms with Crippen molar-refractivity contribution >= 4 is 52.0 Å². The lowest BCUT2D eigenvalue weighted by molar-refractivity contribution is -0.121. The first-order valence-electron chi connectivity index (χ1n) is 6.30. The topological polar surface area (TPSA) is 123 Å². The number of carbonyl (C=O) groups excluding carboxylic acids is 2. The fourth-order valence-corrected chi connectivity index (χ4v) is 2.85. The van der Waals surface area contributed by atoms with E-state index in [1.165, 1.54) is 0 Å². The molecule has 116 valence electrons. The molecule has 1 aromatic carbocycles. The van der Waals surface area contributed by atoms with E-state index in [0.29, 0.717) is 10.7 Å². The van der Waals surface area contributed by atoms with E-state index in [4.69, 9.17) is 23.1 Å². The molecule has 9 heteroatoms. The number of benzene rings is 1. The molecule has 0 bridgehead atoms. The molecule has 2 amide bonds. The third-order valence-electron chi connectivity index (χ3n) is 2.78. The van der Waals surface area contributed by atoms with Gasteiger partial charge in [-0.15, -0.1) is 0 Å². The maximum atomic E-state index is 12.2. The van der Waals surface area contributed by atoms with Gasteiger partial charge in [0, 0.05) is 10.7 Å². The summed E-state index contributed by atoms with van der Waals surface area (Å²) in [6.07, 6.45) is -0.0143. The van der Waals surface area contributed by atoms with Gasteiger partial charge in [0.2, 0.25) is 11.8 Å². The number of halogens is 1. The summed E-state index contributed by atoms with van der Waals surface area (Å²) in [6.45, 7) is 1.86. The van der Waals surface area contributed by atoms with Crippen molar-refractivity contribution in [2.24, 2.45) is 21.5 Å². The van der Waals surface area contributed by atoms with Gasteiger partial charge in [-0.1, -0.05) is 29.4 Å². The number of thioether (sulfide) groups is 1. The van der Waals surface area contributed by atoms with Crippen LogP contribution in [0.25, 0.3) is 0 Å². The van der Waals surface area contributed by atoms with Crippen molar-refractivity contribution in [1.82, 2.24) is 0 Å². The minimum Gasteiger partial charge on any atom is -0.370 e. The van der Waals surface area contributed by atoms with Crippen LogP contribution in [0.4, 0.5) is 5.69 Å². The molecule has 7 nitrogen and oxygen atoms in total. The summed E-state index contributed by atoms with van der Waals surface area (Å²) in [4.78, 5) is 31.2. The number of carbonyl (C=O) groups is 2. The third kappa shape index (κ3) is 4.22. The normalized spacial score (nSPS) is 17.6. The third-order valence-corrected chi connectivity index (χ3v) is 4.25. The Labute approximate surface area is 136 Å². The lowest BCUT2D eigenvalue weighted by atomic mass is 10.2. The van der Waals surface area contributed by atoms with Crippen LogP contribution in [0.5, 0.6) is 0 Å². The smallest absolute Gasteiger partial charge is 0.249 e. The van der Waals surface area contributed by atoms with Gasteiger partial charge in [0.05, 0.1) is 6.42 Å². The van der Waals surface area contributed by atoms with Crippen LogP contribution < -0.4 is 16.8 Å². The number of aryl methyl sites for hydroxylation is 1. The highest BCUT2D eigenvalue weighted by Crippen LogP contribution is 2.26. The Morgan fingerprint density at radius 3 is 2.86 bits per heavy atom. The standard InChI is InChI=1S/C13H14ClN5O2S/c1-6-2-3-7(4-8(6)14)17-11(21)9-5-10(20)18-13(22-9)19-12(15)16/h2-4,9H,5H2,1H3,(H,17,21)(H4,15,16,18,19,20)/t9-/m0/s1. The van der Waals surface area contributed by atoms with Crippen molar-refractivity contribution in [3.05, 3.63) is 28.8 Å². The highest BCUT2D eigenvalue weighted by Gasteiger charge is 2.29. The number of nitrogens with one attached hydrogen (secondary N) is 1. The molecule has 0 unspecified atom stereocenters. The maximum Gasteiger partial charge on any atom is 0.249 e. The van der Waals surface area contributed by atoms with E-state index < -0.39 is 11.2 Å². The second-order valence-corrected chi connectivity index (χ2v) is 6.17. The van der Waals surface area contributed by atoms with E-state index in [-0.39, 0.29) is 23.5 Å². The number of aliphatic imine (C=N–C) groups is 2. The van der Waals surface area contributed by atoms with Crippen molar-refractivity contribution < 1.29 is 9.59 Å². The number of amides is 2. The van der Waals surface area contributed by atoms with Gasteiger partial charge in [-0.2, -0.15) is 9.98 Å². The summed E-state index contributed by atoms with van der Waals surface area (Å²) in [6, 6.07) is 5.18. The molecule has 1 aliphatic heterocycles. The van der Waals surface area contributed by atoms with Crippen LogP contribution in [-0.4, -0.2) is 28.2 Å². The minimum atomic E-state index is -0.650. The summed E-state index contributed by atoms with van der Waals surface area (Å²) < 4.78 is 0. The zero-order valence-corrected chi connectivity index (χ0v) is 13.2. The largest absolute Gasteiger partial charge is 0.370 e. The van der Waals surface area contributed by atoms with Crippen LogP contribution in [0.3, 0.4) is 0 Å². The number of nitrogens with two attached hydrogens (primary N) is 2. The molecule has 22 heavy (non-hydrogen) atoms.